The molecule has 0 aromatic carbocycles. The Balaban J connectivity index is 1.62. The lowest BCUT2D eigenvalue weighted by atomic mass is 10.1. The minimum Gasteiger partial charge on any atom is -0.394 e. The van der Waals surface area contributed by atoms with Crippen molar-refractivity contribution in [1.29, 1.82) is 0 Å². The molecule has 4 rings (SSSR count). The molecule has 2 fully saturated rings. The van der Waals surface area contributed by atoms with Crippen LogP contribution in [0.4, 0.5) is 5.82 Å². The lowest BCUT2D eigenvalue weighted by Gasteiger charge is -2.34. The van der Waals surface area contributed by atoms with Crippen molar-refractivity contribution >= 4 is 11.7 Å². The zero-order valence-electron chi connectivity index (χ0n) is 19.3. The number of aromatic nitrogens is 2. The summed E-state index contributed by atoms with van der Waals surface area (Å²) >= 11 is 0. The van der Waals surface area contributed by atoms with Gasteiger partial charge in [0.15, 0.2) is 6.23 Å². The van der Waals surface area contributed by atoms with Crippen molar-refractivity contribution in [2.45, 2.75) is 75.1 Å². The molecule has 0 radical (unpaired) electrons. The third-order valence-corrected chi connectivity index (χ3v) is 6.59. The first kappa shape index (κ1) is 26.4. The van der Waals surface area contributed by atoms with Crippen molar-refractivity contribution in [3.63, 3.8) is 0 Å². The minimum absolute atomic E-state index is 0.0217. The van der Waals surface area contributed by atoms with E-state index in [0.29, 0.717) is 0 Å². The van der Waals surface area contributed by atoms with Gasteiger partial charge in [-0.1, -0.05) is 0 Å². The van der Waals surface area contributed by atoms with Crippen LogP contribution in [-0.2, 0) is 16.1 Å². The molecule has 1 aromatic rings. The molecule has 0 aliphatic carbocycles. The van der Waals surface area contributed by atoms with E-state index >= 15 is 0 Å². The van der Waals surface area contributed by atoms with Gasteiger partial charge in [0.2, 0.25) is 18.7 Å². The van der Waals surface area contributed by atoms with E-state index in [0.717, 1.165) is 18.6 Å². The zero-order chi connectivity index (χ0) is 26.5. The Bertz CT molecular complexity index is 1100. The third kappa shape index (κ3) is 4.36. The Morgan fingerprint density at radius 1 is 1.08 bits per heavy atom. The second-order valence-electron chi connectivity index (χ2n) is 8.95. The van der Waals surface area contributed by atoms with Crippen LogP contribution in [0.15, 0.2) is 29.3 Å². The lowest BCUT2D eigenvalue weighted by Crippen LogP contribution is -2.61. The van der Waals surface area contributed by atoms with Crippen molar-refractivity contribution in [3.8, 4) is 0 Å². The third-order valence-electron chi connectivity index (χ3n) is 6.59. The van der Waals surface area contributed by atoms with E-state index in [1.54, 1.807) is 0 Å². The van der Waals surface area contributed by atoms with Crippen LogP contribution in [0.3, 0.4) is 0 Å². The Hall–Kier alpha value is -2.67. The van der Waals surface area contributed by atoms with Gasteiger partial charge in [-0.05, 0) is 6.92 Å². The second-order valence-corrected chi connectivity index (χ2v) is 8.95. The van der Waals surface area contributed by atoms with Gasteiger partial charge < -0.3 is 51.0 Å². The van der Waals surface area contributed by atoms with E-state index in [1.807, 2.05) is 0 Å². The van der Waals surface area contributed by atoms with Crippen LogP contribution in [0.25, 0.3) is 0 Å². The van der Waals surface area contributed by atoms with Crippen LogP contribution >= 0.6 is 0 Å². The Morgan fingerprint density at radius 2 is 1.78 bits per heavy atom. The van der Waals surface area contributed by atoms with Gasteiger partial charge >= 0.3 is 5.69 Å². The maximum atomic E-state index is 13.3. The van der Waals surface area contributed by atoms with Crippen molar-refractivity contribution < 1.29 is 54.4 Å². The quantitative estimate of drug-likeness (QED) is 0.160. The molecule has 10 atom stereocenters. The van der Waals surface area contributed by atoms with Gasteiger partial charge in [0.1, 0.15) is 42.8 Å². The van der Waals surface area contributed by atoms with Crippen LogP contribution in [0.2, 0.25) is 0 Å². The molecular weight excluding hydrogens is 484 g/mol. The highest BCUT2D eigenvalue weighted by Gasteiger charge is 2.50. The van der Waals surface area contributed by atoms with E-state index in [1.165, 1.54) is 31.5 Å². The largest absolute Gasteiger partial charge is 0.505 e. The van der Waals surface area contributed by atoms with Crippen molar-refractivity contribution in [2.75, 3.05) is 12.3 Å². The van der Waals surface area contributed by atoms with E-state index < -0.39 is 80.5 Å². The summed E-state index contributed by atoms with van der Waals surface area (Å²) in [4.78, 5) is 14.4. The van der Waals surface area contributed by atoms with Crippen LogP contribution in [0.1, 0.15) is 13.2 Å². The molecule has 1 aromatic heterocycles. The normalized spacial score (nSPS) is 37.7. The van der Waals surface area contributed by atoms with Crippen molar-refractivity contribution in [3.05, 3.63) is 35.0 Å². The van der Waals surface area contributed by atoms with Gasteiger partial charge in [-0.15, -0.1) is 4.57 Å². The van der Waals surface area contributed by atoms with Crippen molar-refractivity contribution in [1.82, 2.24) is 9.47 Å². The maximum Gasteiger partial charge on any atom is 0.505 e. The van der Waals surface area contributed by atoms with Crippen LogP contribution < -0.4 is 21.7 Å². The van der Waals surface area contributed by atoms with Crippen molar-refractivity contribution in [2.24, 2.45) is 5.73 Å². The summed E-state index contributed by atoms with van der Waals surface area (Å²) in [7, 11) is 0. The molecule has 0 amide bonds. The summed E-state index contributed by atoms with van der Waals surface area (Å²) < 4.78 is 14.1. The summed E-state index contributed by atoms with van der Waals surface area (Å²) in [6, 6.07) is 1.34. The monoisotopic (exact) mass is 516 g/mol. The maximum absolute atomic E-state index is 13.3. The van der Waals surface area contributed by atoms with E-state index in [2.05, 4.69) is 0 Å². The molecule has 16 heteroatoms. The molecule has 36 heavy (non-hydrogen) atoms. The predicted molar refractivity (Wildman–Crippen MR) is 117 cm³/mol. The van der Waals surface area contributed by atoms with E-state index in [-0.39, 0.29) is 11.7 Å². The average Bonchev–Trinajstić information content (AvgIpc) is 3.29. The van der Waals surface area contributed by atoms with Gasteiger partial charge in [-0.2, -0.15) is 13.9 Å². The molecule has 3 aliphatic heterocycles. The molecule has 0 saturated carbocycles. The van der Waals surface area contributed by atoms with Gasteiger partial charge in [-0.3, -0.25) is 10.6 Å². The fourth-order valence-corrected chi connectivity index (χ4v) is 4.49. The number of anilines is 1. The Morgan fingerprint density at radius 3 is 2.36 bits per heavy atom. The number of nitrogens with two attached hydrogens (primary N) is 2. The van der Waals surface area contributed by atoms with Crippen LogP contribution in [0.5, 0.6) is 0 Å². The summed E-state index contributed by atoms with van der Waals surface area (Å²) in [5, 5.41) is 71.2. The summed E-state index contributed by atoms with van der Waals surface area (Å²) in [6.07, 6.45) is -9.37. The molecule has 2 saturated heterocycles. The summed E-state index contributed by atoms with van der Waals surface area (Å²) in [5.41, 5.74) is 11.3. The number of nitrogens with zero attached hydrogens (tertiary/aromatic N) is 4. The number of rotatable bonds is 6. The average molecular weight is 517 g/mol. The lowest BCUT2D eigenvalue weighted by molar-refractivity contribution is -0.783. The standard InChI is InChI=1S/C20H30N6O10/c1-8(28)16-13(30)15(32)18(36-16)24-5-3-11(22)26(20(24)34)7-25-10(21)2-4-23(19(25)33)17-14(31)12(29)9(6-27)35-17/h2-5,8-9,12-18,20-22,27-32,34H,6-7H2,1H3/p+2/t8?,9-,12-,13+,14-,15-,16-,17-,18-,20?/m1/s1. The number of ether oxygens (including phenoxy) is 2. The Labute approximate surface area is 204 Å². The molecule has 4 heterocycles. The molecule has 3 aliphatic rings. The number of hydrogen-bond acceptors (Lipinski definition) is 13. The number of aliphatic hydroxyl groups is 7. The molecule has 16 nitrogen and oxygen atoms in total. The number of hydrogen-bond donors (Lipinski definition) is 9. The smallest absolute Gasteiger partial charge is 0.394 e. The molecule has 0 bridgehead atoms. The molecule has 200 valence electrons. The van der Waals surface area contributed by atoms with Crippen LogP contribution in [-0.4, -0.2) is 118 Å². The zero-order valence-corrected chi connectivity index (χ0v) is 19.3. The molecular formula is C20H32N6O10+2. The molecule has 0 spiro atoms. The first-order chi connectivity index (χ1) is 17.0. The number of nitrogen functional groups attached to an aromatic ring is 1. The van der Waals surface area contributed by atoms with E-state index in [9.17, 15) is 40.5 Å². The highest BCUT2D eigenvalue weighted by Crippen LogP contribution is 2.29. The van der Waals surface area contributed by atoms with E-state index in [4.69, 9.17) is 20.9 Å². The Kier molecular flexibility index (Phi) is 7.33. The molecule has 2 unspecified atom stereocenters. The highest BCUT2D eigenvalue weighted by atomic mass is 16.6. The first-order valence-corrected chi connectivity index (χ1v) is 11.2. The topological polar surface area (TPSA) is 244 Å². The molecule has 11 N–H and O–H groups in total. The first-order valence-electron chi connectivity index (χ1n) is 11.2. The number of amidine groups is 1. The van der Waals surface area contributed by atoms with Gasteiger partial charge in [0, 0.05) is 18.3 Å². The van der Waals surface area contributed by atoms with Crippen LogP contribution in [0, 0.1) is 0 Å². The fraction of sp³-hybridized carbons (Fsp3) is 0.650. The summed E-state index contributed by atoms with van der Waals surface area (Å²) in [6.45, 7) is 0.404. The predicted octanol–water partition coefficient (Wildman–Crippen LogP) is -6.41. The number of aliphatic hydroxyl groups excluding tert-OH is 7. The SMILES string of the molecule is CC(O)[C@H]1O[C@@H](N2C=CC(N)=[N+](Cn3c(N)cc[n+]([C@@H]4O[C@H](CO)[C@@H](O)[C@H]4O)c3=O)C2O)[C@H](O)[C@@H]1O. The van der Waals surface area contributed by atoms with Gasteiger partial charge in [0.05, 0.1) is 12.7 Å². The minimum atomic E-state index is -1.59. The second kappa shape index (κ2) is 10.0. The fourth-order valence-electron chi connectivity index (χ4n) is 4.49. The highest BCUT2D eigenvalue weighted by molar-refractivity contribution is 5.87. The summed E-state index contributed by atoms with van der Waals surface area (Å²) in [5.74, 6) is -0.0145. The van der Waals surface area contributed by atoms with Gasteiger partial charge in [0.25, 0.3) is 12.2 Å². The van der Waals surface area contributed by atoms with Gasteiger partial charge in [-0.25, -0.2) is 0 Å².